The molecule has 2 rings (SSSR count). The molecule has 0 bridgehead atoms. The third-order valence-corrected chi connectivity index (χ3v) is 3.24. The van der Waals surface area contributed by atoms with E-state index in [1.807, 2.05) is 6.07 Å². The summed E-state index contributed by atoms with van der Waals surface area (Å²) in [6, 6.07) is 10.4. The second-order valence-corrected chi connectivity index (χ2v) is 5.02. The third-order valence-electron chi connectivity index (χ3n) is 2.81. The second-order valence-electron chi connectivity index (χ2n) is 4.11. The van der Waals surface area contributed by atoms with Crippen LogP contribution >= 0.6 is 15.9 Å². The molecule has 5 heteroatoms. The van der Waals surface area contributed by atoms with Crippen LogP contribution in [0.2, 0.25) is 0 Å². The Kier molecular flexibility index (Phi) is 4.29. The number of aliphatic hydroxyl groups is 1. The maximum Gasteiger partial charge on any atom is 0.314 e. The van der Waals surface area contributed by atoms with Crippen LogP contribution < -0.4 is 0 Å². The van der Waals surface area contributed by atoms with Crippen LogP contribution in [-0.4, -0.2) is 21.2 Å². The highest BCUT2D eigenvalue weighted by Gasteiger charge is 2.29. The summed E-state index contributed by atoms with van der Waals surface area (Å²) < 4.78 is 0.677. The average Bonchev–Trinajstić information content (AvgIpc) is 2.39. The van der Waals surface area contributed by atoms with Gasteiger partial charge in [0.05, 0.1) is 6.10 Å². The number of pyridine rings is 1. The van der Waals surface area contributed by atoms with Crippen molar-refractivity contribution in [2.24, 2.45) is 0 Å². The molecule has 98 valence electrons. The molecule has 0 aliphatic rings. The van der Waals surface area contributed by atoms with Crippen LogP contribution in [0.1, 0.15) is 23.1 Å². The van der Waals surface area contributed by atoms with Crippen molar-refractivity contribution >= 4 is 21.9 Å². The monoisotopic (exact) mass is 321 g/mol. The first-order valence-electron chi connectivity index (χ1n) is 5.66. The number of rotatable bonds is 4. The lowest BCUT2D eigenvalue weighted by Crippen LogP contribution is -2.20. The van der Waals surface area contributed by atoms with Crippen LogP contribution in [0.4, 0.5) is 0 Å². The number of carboxylic acids is 1. The first-order valence-corrected chi connectivity index (χ1v) is 6.45. The van der Waals surface area contributed by atoms with Crippen molar-refractivity contribution in [3.05, 3.63) is 64.4 Å². The summed E-state index contributed by atoms with van der Waals surface area (Å²) in [6.07, 6.45) is 1.90. The fourth-order valence-corrected chi connectivity index (χ4v) is 2.28. The quantitative estimate of drug-likeness (QED) is 0.908. The van der Waals surface area contributed by atoms with Gasteiger partial charge in [0, 0.05) is 16.9 Å². The molecule has 4 nitrogen and oxygen atoms in total. The Bertz CT molecular complexity index is 574. The number of hydrogen-bond donors (Lipinski definition) is 2. The van der Waals surface area contributed by atoms with Gasteiger partial charge in [0.25, 0.3) is 0 Å². The lowest BCUT2D eigenvalue weighted by molar-refractivity contribution is -0.141. The molecule has 2 atom stereocenters. The van der Waals surface area contributed by atoms with Crippen molar-refractivity contribution in [2.45, 2.75) is 12.0 Å². The first-order chi connectivity index (χ1) is 9.09. The van der Waals surface area contributed by atoms with Crippen LogP contribution in [0, 0.1) is 0 Å². The van der Waals surface area contributed by atoms with Gasteiger partial charge in [-0.3, -0.25) is 9.78 Å². The molecule has 0 unspecified atom stereocenters. The second kappa shape index (κ2) is 5.95. The molecule has 0 saturated carbocycles. The molecule has 0 aliphatic carbocycles. The predicted molar refractivity (Wildman–Crippen MR) is 73.7 cm³/mol. The number of aromatic nitrogens is 1. The summed E-state index contributed by atoms with van der Waals surface area (Å²) in [6.45, 7) is 0. The Labute approximate surface area is 118 Å². The molecule has 1 aromatic carbocycles. The van der Waals surface area contributed by atoms with Gasteiger partial charge >= 0.3 is 5.97 Å². The van der Waals surface area contributed by atoms with E-state index in [0.717, 1.165) is 0 Å². The summed E-state index contributed by atoms with van der Waals surface area (Å²) in [5, 5.41) is 19.6. The van der Waals surface area contributed by atoms with Crippen molar-refractivity contribution in [1.29, 1.82) is 0 Å². The molecular formula is C14H12BrNO3. The molecule has 0 spiro atoms. The summed E-state index contributed by atoms with van der Waals surface area (Å²) in [7, 11) is 0. The van der Waals surface area contributed by atoms with Crippen molar-refractivity contribution in [3.8, 4) is 0 Å². The van der Waals surface area contributed by atoms with Crippen molar-refractivity contribution < 1.29 is 15.0 Å². The Morgan fingerprint density at radius 2 is 1.84 bits per heavy atom. The number of aliphatic hydroxyl groups excluding tert-OH is 1. The molecule has 19 heavy (non-hydrogen) atoms. The van der Waals surface area contributed by atoms with Crippen LogP contribution in [0.5, 0.6) is 0 Å². The average molecular weight is 322 g/mol. The van der Waals surface area contributed by atoms with E-state index in [0.29, 0.717) is 15.6 Å². The topological polar surface area (TPSA) is 70.4 Å². The van der Waals surface area contributed by atoms with E-state index >= 15 is 0 Å². The summed E-state index contributed by atoms with van der Waals surface area (Å²) >= 11 is 3.25. The number of carboxylic acid groups (broad SMARTS) is 1. The Morgan fingerprint density at radius 3 is 2.42 bits per heavy atom. The summed E-state index contributed by atoms with van der Waals surface area (Å²) in [5.41, 5.74) is 1.02. The van der Waals surface area contributed by atoms with E-state index in [1.165, 1.54) is 6.20 Å². The molecule has 2 N–H and O–H groups in total. The van der Waals surface area contributed by atoms with Crippen molar-refractivity contribution in [3.63, 3.8) is 0 Å². The molecule has 1 heterocycles. The van der Waals surface area contributed by atoms with Crippen LogP contribution in [-0.2, 0) is 4.79 Å². The van der Waals surface area contributed by atoms with Gasteiger partial charge in [-0.05, 0) is 33.1 Å². The van der Waals surface area contributed by atoms with E-state index in [4.69, 9.17) is 0 Å². The fraction of sp³-hybridized carbons (Fsp3) is 0.143. The lowest BCUT2D eigenvalue weighted by atomic mass is 9.90. The molecule has 2 aromatic rings. The minimum absolute atomic E-state index is 0.457. The summed E-state index contributed by atoms with van der Waals surface area (Å²) in [4.78, 5) is 15.4. The Hall–Kier alpha value is -1.72. The highest BCUT2D eigenvalue weighted by Crippen LogP contribution is 2.31. The highest BCUT2D eigenvalue weighted by molar-refractivity contribution is 9.10. The van der Waals surface area contributed by atoms with Gasteiger partial charge in [0.2, 0.25) is 0 Å². The molecule has 0 radical (unpaired) electrons. The minimum atomic E-state index is -1.12. The van der Waals surface area contributed by atoms with Gasteiger partial charge in [-0.2, -0.15) is 0 Å². The smallest absolute Gasteiger partial charge is 0.314 e. The number of nitrogens with zero attached hydrogens (tertiary/aromatic N) is 1. The van der Waals surface area contributed by atoms with Gasteiger partial charge in [0.1, 0.15) is 5.92 Å². The number of benzene rings is 1. The predicted octanol–water partition coefficient (Wildman–Crippen LogP) is 2.75. The molecule has 0 amide bonds. The van der Waals surface area contributed by atoms with Gasteiger partial charge in [-0.15, -0.1) is 0 Å². The molecule has 0 saturated heterocycles. The van der Waals surface area contributed by atoms with E-state index in [-0.39, 0.29) is 0 Å². The lowest BCUT2D eigenvalue weighted by Gasteiger charge is -2.19. The summed E-state index contributed by atoms with van der Waals surface area (Å²) in [5.74, 6) is -2.14. The zero-order valence-electron chi connectivity index (χ0n) is 9.90. The van der Waals surface area contributed by atoms with Gasteiger partial charge in [-0.1, -0.05) is 30.3 Å². The normalized spacial score (nSPS) is 13.8. The van der Waals surface area contributed by atoms with Crippen LogP contribution in [0.25, 0.3) is 0 Å². The number of hydrogen-bond acceptors (Lipinski definition) is 3. The van der Waals surface area contributed by atoms with E-state index in [2.05, 4.69) is 20.9 Å². The van der Waals surface area contributed by atoms with Crippen LogP contribution in [0.3, 0.4) is 0 Å². The van der Waals surface area contributed by atoms with Crippen molar-refractivity contribution in [2.75, 3.05) is 0 Å². The van der Waals surface area contributed by atoms with E-state index in [1.54, 1.807) is 36.5 Å². The molecular weight excluding hydrogens is 310 g/mol. The maximum absolute atomic E-state index is 11.4. The maximum atomic E-state index is 11.4. The molecule has 1 aromatic heterocycles. The molecule has 0 aliphatic heterocycles. The largest absolute Gasteiger partial charge is 0.481 e. The fourth-order valence-electron chi connectivity index (χ4n) is 1.90. The zero-order valence-corrected chi connectivity index (χ0v) is 11.5. The number of aliphatic carboxylic acids is 1. The molecule has 0 fully saturated rings. The first kappa shape index (κ1) is 13.7. The SMILES string of the molecule is O=C(O)[C@H](c1cncc(Br)c1)[C@@H](O)c1ccccc1. The number of halogens is 1. The van der Waals surface area contributed by atoms with Gasteiger partial charge in [-0.25, -0.2) is 0 Å². The van der Waals surface area contributed by atoms with E-state index < -0.39 is 18.0 Å². The highest BCUT2D eigenvalue weighted by atomic mass is 79.9. The minimum Gasteiger partial charge on any atom is -0.481 e. The number of carbonyl (C=O) groups is 1. The Morgan fingerprint density at radius 1 is 1.16 bits per heavy atom. The van der Waals surface area contributed by atoms with E-state index in [9.17, 15) is 15.0 Å². The third kappa shape index (κ3) is 3.19. The van der Waals surface area contributed by atoms with Crippen LogP contribution in [0.15, 0.2) is 53.3 Å². The standard InChI is InChI=1S/C14H12BrNO3/c15-11-6-10(7-16-8-11)12(14(18)19)13(17)9-4-2-1-3-5-9/h1-8,12-13,17H,(H,18,19)/t12-,13+/m1/s1. The van der Waals surface area contributed by atoms with Crippen molar-refractivity contribution in [1.82, 2.24) is 4.98 Å². The van der Waals surface area contributed by atoms with Gasteiger partial charge in [0.15, 0.2) is 0 Å². The van der Waals surface area contributed by atoms with Gasteiger partial charge < -0.3 is 10.2 Å². The zero-order chi connectivity index (χ0) is 13.8. The Balaban J connectivity index is 2.39.